The van der Waals surface area contributed by atoms with Gasteiger partial charge in [-0.05, 0) is 55.3 Å². The molecule has 3 amide bonds. The highest BCUT2D eigenvalue weighted by molar-refractivity contribution is 6.07. The molecule has 0 unspecified atom stereocenters. The van der Waals surface area contributed by atoms with Crippen LogP contribution in [0.2, 0.25) is 0 Å². The van der Waals surface area contributed by atoms with Crippen molar-refractivity contribution >= 4 is 11.9 Å². The lowest BCUT2D eigenvalue weighted by molar-refractivity contribution is -0.136. The van der Waals surface area contributed by atoms with Crippen molar-refractivity contribution in [3.05, 3.63) is 29.6 Å². The van der Waals surface area contributed by atoms with Gasteiger partial charge in [0, 0.05) is 6.54 Å². The molecular formula is C21H30FN3O3. The van der Waals surface area contributed by atoms with Gasteiger partial charge in [0.1, 0.15) is 5.54 Å². The number of carbonyl (C=O) groups is 2. The Morgan fingerprint density at radius 2 is 2.04 bits per heavy atom. The van der Waals surface area contributed by atoms with E-state index >= 15 is 0 Å². The molecule has 2 aliphatic rings. The fourth-order valence-corrected chi connectivity index (χ4v) is 5.05. The smallest absolute Gasteiger partial charge is 0.326 e. The van der Waals surface area contributed by atoms with Crippen molar-refractivity contribution < 1.29 is 18.7 Å². The second kappa shape index (κ2) is 7.35. The minimum atomic E-state index is -0.800. The Morgan fingerprint density at radius 1 is 1.32 bits per heavy atom. The minimum Gasteiger partial charge on any atom is -0.494 e. The van der Waals surface area contributed by atoms with Crippen LogP contribution in [0.3, 0.4) is 0 Å². The van der Waals surface area contributed by atoms with Crippen LogP contribution >= 0.6 is 0 Å². The Labute approximate surface area is 166 Å². The lowest BCUT2D eigenvalue weighted by Gasteiger charge is -2.43. The molecule has 7 heteroatoms. The van der Waals surface area contributed by atoms with E-state index in [0.717, 1.165) is 12.0 Å². The third-order valence-corrected chi connectivity index (χ3v) is 5.68. The number of rotatable bonds is 5. The van der Waals surface area contributed by atoms with Gasteiger partial charge in [-0.2, -0.15) is 0 Å². The lowest BCUT2D eigenvalue weighted by Crippen LogP contribution is -2.54. The summed E-state index contributed by atoms with van der Waals surface area (Å²) in [5.74, 6) is -0.0184. The standard InChI is InChI=1S/C21H30FN3O3/c1-14-9-20(2,3)12-21(10-14)18(26)25(19(27)23-21)13-24(4)11-15-6-7-17(28-5)16(22)8-15/h6-8,14H,9-13H2,1-5H3,(H,23,27)/t14-,21+/m0/s1. The van der Waals surface area contributed by atoms with E-state index < -0.39 is 11.4 Å². The fourth-order valence-electron chi connectivity index (χ4n) is 5.05. The Balaban J connectivity index is 1.69. The highest BCUT2D eigenvalue weighted by Crippen LogP contribution is 2.46. The van der Waals surface area contributed by atoms with E-state index in [4.69, 9.17) is 4.74 Å². The number of methoxy groups -OCH3 is 1. The molecule has 1 heterocycles. The maximum absolute atomic E-state index is 13.9. The summed E-state index contributed by atoms with van der Waals surface area (Å²) in [5, 5.41) is 2.98. The van der Waals surface area contributed by atoms with Gasteiger partial charge in [-0.15, -0.1) is 0 Å². The van der Waals surface area contributed by atoms with E-state index in [-0.39, 0.29) is 29.8 Å². The van der Waals surface area contributed by atoms with Crippen molar-refractivity contribution in [2.75, 3.05) is 20.8 Å². The summed E-state index contributed by atoms with van der Waals surface area (Å²) in [7, 11) is 3.23. The second-order valence-electron chi connectivity index (χ2n) is 9.22. The van der Waals surface area contributed by atoms with Crippen molar-refractivity contribution in [1.82, 2.24) is 15.1 Å². The van der Waals surface area contributed by atoms with E-state index in [2.05, 4.69) is 26.1 Å². The summed E-state index contributed by atoms with van der Waals surface area (Å²) in [6.07, 6.45) is 2.37. The predicted molar refractivity (Wildman–Crippen MR) is 104 cm³/mol. The molecule has 154 valence electrons. The summed E-state index contributed by atoms with van der Waals surface area (Å²) in [6, 6.07) is 4.42. The number of amides is 3. The van der Waals surface area contributed by atoms with Gasteiger partial charge in [-0.1, -0.05) is 26.8 Å². The topological polar surface area (TPSA) is 61.9 Å². The van der Waals surface area contributed by atoms with Gasteiger partial charge in [0.15, 0.2) is 11.6 Å². The van der Waals surface area contributed by atoms with Crippen LogP contribution < -0.4 is 10.1 Å². The Hall–Kier alpha value is -2.15. The number of carbonyl (C=O) groups excluding carboxylic acids is 2. The molecule has 1 aliphatic carbocycles. The molecule has 1 saturated heterocycles. The molecule has 2 atom stereocenters. The molecule has 1 aromatic rings. The number of ether oxygens (including phenoxy) is 1. The maximum Gasteiger partial charge on any atom is 0.326 e. The van der Waals surface area contributed by atoms with Crippen molar-refractivity contribution in [3.8, 4) is 5.75 Å². The largest absolute Gasteiger partial charge is 0.494 e. The molecule has 1 saturated carbocycles. The molecule has 6 nitrogen and oxygen atoms in total. The van der Waals surface area contributed by atoms with Crippen LogP contribution in [-0.2, 0) is 11.3 Å². The number of benzene rings is 1. The summed E-state index contributed by atoms with van der Waals surface area (Å²) in [4.78, 5) is 28.9. The minimum absolute atomic E-state index is 0.00312. The van der Waals surface area contributed by atoms with Gasteiger partial charge in [-0.3, -0.25) is 9.69 Å². The first-order chi connectivity index (χ1) is 13.0. The van der Waals surface area contributed by atoms with E-state index in [1.807, 2.05) is 4.90 Å². The number of halogens is 1. The number of nitrogens with one attached hydrogen (secondary N) is 1. The van der Waals surface area contributed by atoms with Crippen molar-refractivity contribution in [2.45, 2.75) is 52.1 Å². The van der Waals surface area contributed by atoms with Gasteiger partial charge < -0.3 is 10.1 Å². The summed E-state index contributed by atoms with van der Waals surface area (Å²) >= 11 is 0. The zero-order valence-corrected chi connectivity index (χ0v) is 17.3. The van der Waals surface area contributed by atoms with Crippen LogP contribution in [0.25, 0.3) is 0 Å². The van der Waals surface area contributed by atoms with Crippen LogP contribution in [0, 0.1) is 17.2 Å². The molecule has 1 aliphatic heterocycles. The van der Waals surface area contributed by atoms with E-state index in [0.29, 0.717) is 25.3 Å². The first kappa shape index (κ1) is 20.6. The van der Waals surface area contributed by atoms with Crippen molar-refractivity contribution in [2.24, 2.45) is 11.3 Å². The molecule has 0 aromatic heterocycles. The highest BCUT2D eigenvalue weighted by Gasteiger charge is 2.56. The van der Waals surface area contributed by atoms with Crippen molar-refractivity contribution in [3.63, 3.8) is 0 Å². The number of hydrogen-bond donors (Lipinski definition) is 1. The first-order valence-corrected chi connectivity index (χ1v) is 9.70. The summed E-state index contributed by atoms with van der Waals surface area (Å²) in [5.41, 5.74) is -0.0518. The van der Waals surface area contributed by atoms with Crippen LogP contribution in [0.1, 0.15) is 45.6 Å². The number of nitrogens with zero attached hydrogens (tertiary/aromatic N) is 2. The Kier molecular flexibility index (Phi) is 5.40. The quantitative estimate of drug-likeness (QED) is 0.782. The average Bonchev–Trinajstić information content (AvgIpc) is 2.76. The number of urea groups is 1. The van der Waals surface area contributed by atoms with E-state index in [1.165, 1.54) is 18.1 Å². The molecule has 1 N–H and O–H groups in total. The molecule has 0 bridgehead atoms. The van der Waals surface area contributed by atoms with Gasteiger partial charge in [0.2, 0.25) is 0 Å². The predicted octanol–water partition coefficient (Wildman–Crippen LogP) is 3.36. The maximum atomic E-state index is 13.9. The average molecular weight is 391 g/mol. The van der Waals surface area contributed by atoms with Gasteiger partial charge >= 0.3 is 6.03 Å². The normalized spacial score (nSPS) is 26.8. The Bertz CT molecular complexity index is 782. The summed E-state index contributed by atoms with van der Waals surface area (Å²) < 4.78 is 18.8. The second-order valence-corrected chi connectivity index (χ2v) is 9.22. The zero-order chi connectivity index (χ0) is 20.7. The molecule has 1 spiro atoms. The molecule has 0 radical (unpaired) electrons. The third kappa shape index (κ3) is 3.99. The highest BCUT2D eigenvalue weighted by atomic mass is 19.1. The fraction of sp³-hybridized carbons (Fsp3) is 0.619. The lowest BCUT2D eigenvalue weighted by atomic mass is 9.64. The van der Waals surface area contributed by atoms with Crippen molar-refractivity contribution in [1.29, 1.82) is 0 Å². The van der Waals surface area contributed by atoms with Crippen LogP contribution in [0.15, 0.2) is 18.2 Å². The number of hydrogen-bond acceptors (Lipinski definition) is 4. The van der Waals surface area contributed by atoms with Gasteiger partial charge in [0.25, 0.3) is 5.91 Å². The number of imide groups is 1. The first-order valence-electron chi connectivity index (χ1n) is 9.70. The monoisotopic (exact) mass is 391 g/mol. The van der Waals surface area contributed by atoms with E-state index in [9.17, 15) is 14.0 Å². The van der Waals surface area contributed by atoms with Gasteiger partial charge in [0.05, 0.1) is 13.8 Å². The van der Waals surface area contributed by atoms with Gasteiger partial charge in [-0.25, -0.2) is 14.1 Å². The molecule has 28 heavy (non-hydrogen) atoms. The van der Waals surface area contributed by atoms with Crippen LogP contribution in [0.4, 0.5) is 9.18 Å². The van der Waals surface area contributed by atoms with Crippen LogP contribution in [-0.4, -0.2) is 48.1 Å². The molecule has 1 aromatic carbocycles. The summed E-state index contributed by atoms with van der Waals surface area (Å²) in [6.45, 7) is 7.00. The SMILES string of the molecule is COc1ccc(CN(C)CN2C(=O)N[C@@]3(C[C@@H](C)CC(C)(C)C3)C2=O)cc1F. The van der Waals surface area contributed by atoms with Crippen LogP contribution in [0.5, 0.6) is 5.75 Å². The Morgan fingerprint density at radius 3 is 2.64 bits per heavy atom. The molecule has 2 fully saturated rings. The molecular weight excluding hydrogens is 361 g/mol. The third-order valence-electron chi connectivity index (χ3n) is 5.68. The van der Waals surface area contributed by atoms with E-state index in [1.54, 1.807) is 19.2 Å². The zero-order valence-electron chi connectivity index (χ0n) is 17.3. The molecule has 3 rings (SSSR count).